The molecule has 1 saturated heterocycles. The maximum absolute atomic E-state index is 5.90. The van der Waals surface area contributed by atoms with Gasteiger partial charge in [-0.05, 0) is 45.1 Å². The summed E-state index contributed by atoms with van der Waals surface area (Å²) in [5, 5.41) is 0. The van der Waals surface area contributed by atoms with Crippen LogP contribution in [0.2, 0.25) is 0 Å². The average molecular weight is 194 g/mol. The minimum Gasteiger partial charge on any atom is -0.328 e. The van der Waals surface area contributed by atoms with Gasteiger partial charge in [0.15, 0.2) is 0 Å². The first-order chi connectivity index (χ1) is 6.80. The minimum absolute atomic E-state index is 0.513. The molecule has 3 fully saturated rings. The predicted molar refractivity (Wildman–Crippen MR) is 58.1 cm³/mol. The van der Waals surface area contributed by atoms with E-state index in [1.807, 2.05) is 0 Å². The first kappa shape index (κ1) is 9.17. The molecule has 0 amide bonds. The number of hydrogen-bond donors (Lipinski definition) is 1. The molecule has 0 radical (unpaired) electrons. The van der Waals surface area contributed by atoms with Crippen LogP contribution in [0.3, 0.4) is 0 Å². The molecule has 0 aromatic rings. The van der Waals surface area contributed by atoms with E-state index in [-0.39, 0.29) is 0 Å². The molecule has 0 aromatic heterocycles. The zero-order valence-electron chi connectivity index (χ0n) is 9.04. The third-order valence-corrected chi connectivity index (χ3v) is 4.78. The van der Waals surface area contributed by atoms with Crippen molar-refractivity contribution in [2.24, 2.45) is 5.73 Å². The molecule has 14 heavy (non-hydrogen) atoms. The van der Waals surface area contributed by atoms with Crippen molar-refractivity contribution in [3.63, 3.8) is 0 Å². The fourth-order valence-corrected chi connectivity index (χ4v) is 3.98. The van der Waals surface area contributed by atoms with E-state index >= 15 is 0 Å². The zero-order valence-corrected chi connectivity index (χ0v) is 9.04. The molecule has 2 heteroatoms. The van der Waals surface area contributed by atoms with Gasteiger partial charge in [-0.15, -0.1) is 0 Å². The Morgan fingerprint density at radius 2 is 1.64 bits per heavy atom. The lowest BCUT2D eigenvalue weighted by molar-refractivity contribution is 0.0380. The van der Waals surface area contributed by atoms with Gasteiger partial charge in [0.05, 0.1) is 0 Å². The number of likely N-dealkylation sites (tertiary alicyclic amines) is 1. The van der Waals surface area contributed by atoms with E-state index in [2.05, 4.69) is 4.90 Å². The predicted octanol–water partition coefficient (Wildman–Crippen LogP) is 1.88. The van der Waals surface area contributed by atoms with Crippen LogP contribution in [0.25, 0.3) is 0 Å². The van der Waals surface area contributed by atoms with Gasteiger partial charge < -0.3 is 5.73 Å². The van der Waals surface area contributed by atoms with Crippen molar-refractivity contribution >= 4 is 0 Å². The highest BCUT2D eigenvalue weighted by Crippen LogP contribution is 2.46. The quantitative estimate of drug-likeness (QED) is 0.690. The fraction of sp³-hybridized carbons (Fsp3) is 1.00. The van der Waals surface area contributed by atoms with Gasteiger partial charge in [0.2, 0.25) is 0 Å². The third-order valence-electron chi connectivity index (χ3n) is 4.78. The molecule has 0 atom stereocenters. The molecule has 1 aliphatic heterocycles. The van der Waals surface area contributed by atoms with Crippen molar-refractivity contribution < 1.29 is 0 Å². The SMILES string of the molecule is NC1CC(N2CCCC23CCCC3)C1. The highest BCUT2D eigenvalue weighted by molar-refractivity contribution is 5.04. The first-order valence-corrected chi connectivity index (χ1v) is 6.33. The van der Waals surface area contributed by atoms with E-state index in [0.29, 0.717) is 11.6 Å². The molecule has 80 valence electrons. The molecule has 2 saturated carbocycles. The first-order valence-electron chi connectivity index (χ1n) is 6.33. The normalized spacial score (nSPS) is 41.8. The molecular formula is C12H22N2. The van der Waals surface area contributed by atoms with Crippen LogP contribution in [0.15, 0.2) is 0 Å². The number of nitrogens with zero attached hydrogens (tertiary/aromatic N) is 1. The van der Waals surface area contributed by atoms with E-state index in [1.54, 1.807) is 0 Å². The Morgan fingerprint density at radius 3 is 2.29 bits per heavy atom. The number of nitrogens with two attached hydrogens (primary N) is 1. The number of rotatable bonds is 1. The highest BCUT2D eigenvalue weighted by atomic mass is 15.3. The second-order valence-electron chi connectivity index (χ2n) is 5.61. The van der Waals surface area contributed by atoms with Gasteiger partial charge in [0, 0.05) is 17.6 Å². The Morgan fingerprint density at radius 1 is 1.00 bits per heavy atom. The van der Waals surface area contributed by atoms with E-state index < -0.39 is 0 Å². The summed E-state index contributed by atoms with van der Waals surface area (Å²) in [5.74, 6) is 0. The van der Waals surface area contributed by atoms with Crippen LogP contribution in [0.4, 0.5) is 0 Å². The Bertz CT molecular complexity index is 209. The van der Waals surface area contributed by atoms with E-state index in [4.69, 9.17) is 5.73 Å². The van der Waals surface area contributed by atoms with Crippen molar-refractivity contribution in [2.75, 3.05) is 6.54 Å². The molecule has 1 spiro atoms. The van der Waals surface area contributed by atoms with Gasteiger partial charge in [-0.25, -0.2) is 0 Å². The fourth-order valence-electron chi connectivity index (χ4n) is 3.98. The summed E-state index contributed by atoms with van der Waals surface area (Å²) in [6, 6.07) is 1.37. The van der Waals surface area contributed by atoms with Gasteiger partial charge in [0.1, 0.15) is 0 Å². The van der Waals surface area contributed by atoms with Gasteiger partial charge in [-0.2, -0.15) is 0 Å². The summed E-state index contributed by atoms with van der Waals surface area (Å²) >= 11 is 0. The Hall–Kier alpha value is -0.0800. The standard InChI is InChI=1S/C12H22N2/c13-10-8-11(9-10)14-7-3-6-12(14)4-1-2-5-12/h10-11H,1-9,13H2. The van der Waals surface area contributed by atoms with E-state index in [1.165, 1.54) is 57.9 Å². The zero-order chi connectivity index (χ0) is 9.60. The van der Waals surface area contributed by atoms with Gasteiger partial charge in [-0.3, -0.25) is 4.90 Å². The Kier molecular flexibility index (Phi) is 2.10. The van der Waals surface area contributed by atoms with Crippen LogP contribution >= 0.6 is 0 Å². The molecule has 2 nitrogen and oxygen atoms in total. The van der Waals surface area contributed by atoms with Crippen LogP contribution in [-0.4, -0.2) is 29.1 Å². The molecule has 3 aliphatic rings. The van der Waals surface area contributed by atoms with Crippen LogP contribution in [-0.2, 0) is 0 Å². The van der Waals surface area contributed by atoms with Crippen LogP contribution in [0, 0.1) is 0 Å². The lowest BCUT2D eigenvalue weighted by atomic mass is 9.83. The summed E-state index contributed by atoms with van der Waals surface area (Å²) in [4.78, 5) is 2.84. The molecular weight excluding hydrogens is 172 g/mol. The summed E-state index contributed by atoms with van der Waals surface area (Å²) in [5.41, 5.74) is 6.54. The Labute approximate surface area is 86.8 Å². The Balaban J connectivity index is 1.72. The van der Waals surface area contributed by atoms with Crippen LogP contribution < -0.4 is 5.73 Å². The van der Waals surface area contributed by atoms with Crippen molar-refractivity contribution in [2.45, 2.75) is 69.0 Å². The maximum atomic E-state index is 5.90. The molecule has 3 rings (SSSR count). The number of hydrogen-bond acceptors (Lipinski definition) is 2. The molecule has 2 N–H and O–H groups in total. The maximum Gasteiger partial charge on any atom is 0.0213 e. The average Bonchev–Trinajstić information content (AvgIpc) is 2.72. The van der Waals surface area contributed by atoms with Gasteiger partial charge in [0.25, 0.3) is 0 Å². The smallest absolute Gasteiger partial charge is 0.0213 e. The van der Waals surface area contributed by atoms with Gasteiger partial charge >= 0.3 is 0 Å². The van der Waals surface area contributed by atoms with Crippen molar-refractivity contribution in [3.05, 3.63) is 0 Å². The molecule has 0 aromatic carbocycles. The molecule has 0 unspecified atom stereocenters. The van der Waals surface area contributed by atoms with E-state index in [0.717, 1.165) is 6.04 Å². The summed E-state index contributed by atoms with van der Waals surface area (Å²) in [6.45, 7) is 1.36. The summed E-state index contributed by atoms with van der Waals surface area (Å²) in [6.07, 6.45) is 11.3. The lowest BCUT2D eigenvalue weighted by Crippen LogP contribution is -2.56. The van der Waals surface area contributed by atoms with Crippen LogP contribution in [0.5, 0.6) is 0 Å². The monoisotopic (exact) mass is 194 g/mol. The summed E-state index contributed by atoms with van der Waals surface area (Å²) in [7, 11) is 0. The molecule has 1 heterocycles. The second kappa shape index (κ2) is 3.21. The minimum atomic E-state index is 0.513. The second-order valence-corrected chi connectivity index (χ2v) is 5.61. The highest BCUT2D eigenvalue weighted by Gasteiger charge is 2.47. The molecule has 2 aliphatic carbocycles. The third kappa shape index (κ3) is 1.24. The molecule has 0 bridgehead atoms. The largest absolute Gasteiger partial charge is 0.328 e. The van der Waals surface area contributed by atoms with Crippen molar-refractivity contribution in [1.29, 1.82) is 0 Å². The van der Waals surface area contributed by atoms with Gasteiger partial charge in [-0.1, -0.05) is 12.8 Å². The van der Waals surface area contributed by atoms with E-state index in [9.17, 15) is 0 Å². The van der Waals surface area contributed by atoms with Crippen molar-refractivity contribution in [3.8, 4) is 0 Å². The summed E-state index contributed by atoms with van der Waals surface area (Å²) < 4.78 is 0. The topological polar surface area (TPSA) is 29.3 Å². The lowest BCUT2D eigenvalue weighted by Gasteiger charge is -2.47. The van der Waals surface area contributed by atoms with Crippen LogP contribution in [0.1, 0.15) is 51.4 Å². The van der Waals surface area contributed by atoms with Crippen molar-refractivity contribution in [1.82, 2.24) is 4.90 Å².